The number of hydrogen-bond donors (Lipinski definition) is 1. The second-order valence-corrected chi connectivity index (χ2v) is 7.62. The summed E-state index contributed by atoms with van der Waals surface area (Å²) in [4.78, 5) is 27.7. The number of nitrogens with one attached hydrogen (secondary N) is 1. The van der Waals surface area contributed by atoms with Gasteiger partial charge in [-0.05, 0) is 38.5 Å². The van der Waals surface area contributed by atoms with E-state index in [1.54, 1.807) is 17.5 Å². The number of anilines is 1. The van der Waals surface area contributed by atoms with E-state index in [2.05, 4.69) is 20.3 Å². The Kier molecular flexibility index (Phi) is 5.96. The van der Waals surface area contributed by atoms with Gasteiger partial charge in [0, 0.05) is 25.5 Å². The van der Waals surface area contributed by atoms with Gasteiger partial charge in [-0.3, -0.25) is 9.78 Å². The van der Waals surface area contributed by atoms with Crippen molar-refractivity contribution in [1.29, 1.82) is 0 Å². The summed E-state index contributed by atoms with van der Waals surface area (Å²) in [6.07, 6.45) is 8.19. The van der Waals surface area contributed by atoms with E-state index in [1.807, 2.05) is 30.4 Å². The number of carbonyl (C=O) groups is 1. The van der Waals surface area contributed by atoms with Gasteiger partial charge in [0.1, 0.15) is 5.82 Å². The Morgan fingerprint density at radius 3 is 2.84 bits per heavy atom. The van der Waals surface area contributed by atoms with Crippen LogP contribution < -0.4 is 5.32 Å². The molecular weight excluding hydrogens is 334 g/mol. The second-order valence-electron chi connectivity index (χ2n) is 6.56. The molecule has 7 heteroatoms. The van der Waals surface area contributed by atoms with Crippen LogP contribution in [0.1, 0.15) is 35.7 Å². The summed E-state index contributed by atoms with van der Waals surface area (Å²) >= 11 is 1.60. The summed E-state index contributed by atoms with van der Waals surface area (Å²) in [5.74, 6) is 1.55. The Labute approximate surface area is 152 Å². The van der Waals surface area contributed by atoms with Crippen LogP contribution in [0.4, 0.5) is 5.82 Å². The predicted molar refractivity (Wildman–Crippen MR) is 99.8 cm³/mol. The molecular formula is C18H25N5OS. The summed E-state index contributed by atoms with van der Waals surface area (Å²) in [6.45, 7) is 3.65. The number of hydrogen-bond acceptors (Lipinski definition) is 6. The molecule has 25 heavy (non-hydrogen) atoms. The fourth-order valence-electron chi connectivity index (χ4n) is 3.26. The fourth-order valence-corrected chi connectivity index (χ4v) is 3.87. The van der Waals surface area contributed by atoms with E-state index in [0.717, 1.165) is 61.0 Å². The molecule has 0 aromatic carbocycles. The van der Waals surface area contributed by atoms with Crippen molar-refractivity contribution in [3.05, 3.63) is 34.2 Å². The number of amides is 1. The fraction of sp³-hybridized carbons (Fsp3) is 0.556. The maximum Gasteiger partial charge on any atom is 0.228 e. The lowest BCUT2D eigenvalue weighted by Crippen LogP contribution is -2.33. The number of aromatic nitrogens is 3. The smallest absolute Gasteiger partial charge is 0.228 e. The van der Waals surface area contributed by atoms with Crippen molar-refractivity contribution in [3.63, 3.8) is 0 Å². The monoisotopic (exact) mass is 359 g/mol. The molecule has 2 aromatic rings. The van der Waals surface area contributed by atoms with Crippen molar-refractivity contribution in [2.45, 2.75) is 39.0 Å². The summed E-state index contributed by atoms with van der Waals surface area (Å²) in [5, 5.41) is 5.99. The third kappa shape index (κ3) is 4.98. The van der Waals surface area contributed by atoms with E-state index in [9.17, 15) is 4.79 Å². The molecule has 1 N–H and O–H groups in total. The Morgan fingerprint density at radius 1 is 1.28 bits per heavy atom. The van der Waals surface area contributed by atoms with Gasteiger partial charge in [-0.2, -0.15) is 0 Å². The number of carbonyl (C=O) groups excluding carboxylic acids is 1. The molecule has 3 rings (SSSR count). The molecule has 134 valence electrons. The van der Waals surface area contributed by atoms with Crippen LogP contribution in [0.2, 0.25) is 0 Å². The van der Waals surface area contributed by atoms with Gasteiger partial charge in [-0.15, -0.1) is 11.3 Å². The standard InChI is InChI=1S/C18H25N5OS/c1-13-22-16(12-25-13)9-18(24)23-6-3-4-14(5-7-23)8-15-10-21-17(19-2)11-20-15/h10-12,14H,3-9H2,1-2H3,(H,19,21). The van der Waals surface area contributed by atoms with Crippen LogP contribution in [0, 0.1) is 12.8 Å². The van der Waals surface area contributed by atoms with E-state index < -0.39 is 0 Å². The summed E-state index contributed by atoms with van der Waals surface area (Å²) < 4.78 is 0. The zero-order valence-corrected chi connectivity index (χ0v) is 15.7. The maximum atomic E-state index is 12.5. The SMILES string of the molecule is CNc1cnc(CC2CCCN(C(=O)Cc3csc(C)n3)CC2)cn1. The predicted octanol–water partition coefficient (Wildman–Crippen LogP) is 2.70. The first-order valence-corrected chi connectivity index (χ1v) is 9.69. The molecule has 3 heterocycles. The quantitative estimate of drug-likeness (QED) is 0.889. The number of thiazole rings is 1. The van der Waals surface area contributed by atoms with Crippen LogP contribution in [-0.2, 0) is 17.6 Å². The molecule has 2 aromatic heterocycles. The lowest BCUT2D eigenvalue weighted by molar-refractivity contribution is -0.130. The second kappa shape index (κ2) is 8.38. The number of nitrogens with zero attached hydrogens (tertiary/aromatic N) is 4. The molecule has 1 aliphatic heterocycles. The highest BCUT2D eigenvalue weighted by Gasteiger charge is 2.22. The van der Waals surface area contributed by atoms with Gasteiger partial charge < -0.3 is 10.2 Å². The molecule has 0 saturated carbocycles. The first-order chi connectivity index (χ1) is 12.1. The van der Waals surface area contributed by atoms with E-state index in [0.29, 0.717) is 12.3 Å². The average Bonchev–Trinajstić information content (AvgIpc) is 2.88. The van der Waals surface area contributed by atoms with E-state index >= 15 is 0 Å². The van der Waals surface area contributed by atoms with Crippen molar-refractivity contribution < 1.29 is 4.79 Å². The minimum absolute atomic E-state index is 0.198. The Balaban J connectivity index is 1.51. The largest absolute Gasteiger partial charge is 0.372 e. The highest BCUT2D eigenvalue weighted by atomic mass is 32.1. The minimum Gasteiger partial charge on any atom is -0.372 e. The number of aryl methyl sites for hydroxylation is 1. The summed E-state index contributed by atoms with van der Waals surface area (Å²) in [5.41, 5.74) is 1.93. The molecule has 1 amide bonds. The molecule has 0 aliphatic carbocycles. The topological polar surface area (TPSA) is 71.0 Å². The Bertz CT molecular complexity index is 700. The zero-order valence-electron chi connectivity index (χ0n) is 14.9. The van der Waals surface area contributed by atoms with Crippen molar-refractivity contribution in [1.82, 2.24) is 19.9 Å². The molecule has 0 spiro atoms. The first kappa shape index (κ1) is 17.8. The lowest BCUT2D eigenvalue weighted by Gasteiger charge is -2.20. The van der Waals surface area contributed by atoms with Gasteiger partial charge in [-0.1, -0.05) is 0 Å². The van der Waals surface area contributed by atoms with Crippen LogP contribution in [0.15, 0.2) is 17.8 Å². The van der Waals surface area contributed by atoms with Crippen LogP contribution in [-0.4, -0.2) is 45.9 Å². The zero-order chi connectivity index (χ0) is 17.6. The van der Waals surface area contributed by atoms with Crippen molar-refractivity contribution >= 4 is 23.1 Å². The van der Waals surface area contributed by atoms with Gasteiger partial charge in [-0.25, -0.2) is 9.97 Å². The van der Waals surface area contributed by atoms with Gasteiger partial charge in [0.05, 0.1) is 35.2 Å². The van der Waals surface area contributed by atoms with Crippen LogP contribution in [0.3, 0.4) is 0 Å². The first-order valence-electron chi connectivity index (χ1n) is 8.81. The molecule has 1 fully saturated rings. The van der Waals surface area contributed by atoms with E-state index in [-0.39, 0.29) is 5.91 Å². The van der Waals surface area contributed by atoms with Crippen LogP contribution in [0.25, 0.3) is 0 Å². The van der Waals surface area contributed by atoms with E-state index in [4.69, 9.17) is 0 Å². The van der Waals surface area contributed by atoms with Crippen LogP contribution >= 0.6 is 11.3 Å². The molecule has 6 nitrogen and oxygen atoms in total. The third-order valence-electron chi connectivity index (χ3n) is 4.66. The molecule has 1 atom stereocenters. The molecule has 1 unspecified atom stereocenters. The summed E-state index contributed by atoms with van der Waals surface area (Å²) in [7, 11) is 1.84. The average molecular weight is 359 g/mol. The number of rotatable bonds is 5. The maximum absolute atomic E-state index is 12.5. The van der Waals surface area contributed by atoms with Gasteiger partial charge >= 0.3 is 0 Å². The normalized spacial score (nSPS) is 18.0. The van der Waals surface area contributed by atoms with Crippen molar-refractivity contribution in [2.24, 2.45) is 5.92 Å². The molecule has 0 bridgehead atoms. The van der Waals surface area contributed by atoms with E-state index in [1.165, 1.54) is 0 Å². The minimum atomic E-state index is 0.198. The van der Waals surface area contributed by atoms with Crippen molar-refractivity contribution in [3.8, 4) is 0 Å². The molecule has 1 aliphatic rings. The van der Waals surface area contributed by atoms with Gasteiger partial charge in [0.25, 0.3) is 0 Å². The number of likely N-dealkylation sites (tertiary alicyclic amines) is 1. The highest BCUT2D eigenvalue weighted by molar-refractivity contribution is 7.09. The Morgan fingerprint density at radius 2 is 2.16 bits per heavy atom. The lowest BCUT2D eigenvalue weighted by atomic mass is 9.95. The highest BCUT2D eigenvalue weighted by Crippen LogP contribution is 2.22. The third-order valence-corrected chi connectivity index (χ3v) is 5.48. The van der Waals surface area contributed by atoms with Gasteiger partial charge in [0.2, 0.25) is 5.91 Å². The molecule has 1 saturated heterocycles. The summed E-state index contributed by atoms with van der Waals surface area (Å²) in [6, 6.07) is 0. The van der Waals surface area contributed by atoms with Crippen molar-refractivity contribution in [2.75, 3.05) is 25.5 Å². The Hall–Kier alpha value is -2.02. The molecule has 0 radical (unpaired) electrons. The van der Waals surface area contributed by atoms with Crippen LogP contribution in [0.5, 0.6) is 0 Å². The van der Waals surface area contributed by atoms with Gasteiger partial charge in [0.15, 0.2) is 0 Å².